The zero-order valence-electron chi connectivity index (χ0n) is 15.3. The third-order valence-corrected chi connectivity index (χ3v) is 5.74. The van der Waals surface area contributed by atoms with Crippen LogP contribution in [0, 0.1) is 0 Å². The van der Waals surface area contributed by atoms with Crippen molar-refractivity contribution in [3.63, 3.8) is 0 Å². The third-order valence-electron chi connectivity index (χ3n) is 4.50. The number of carbonyl (C=O) groups excluding carboxylic acids is 1. The highest BCUT2D eigenvalue weighted by Crippen LogP contribution is 2.43. The molecule has 3 rings (SSSR count). The van der Waals surface area contributed by atoms with E-state index in [2.05, 4.69) is 12.2 Å². The van der Waals surface area contributed by atoms with E-state index in [1.807, 2.05) is 47.4 Å². The molecule has 0 unspecified atom stereocenters. The van der Waals surface area contributed by atoms with Gasteiger partial charge < -0.3 is 19.7 Å². The summed E-state index contributed by atoms with van der Waals surface area (Å²) < 4.78 is 10.8. The van der Waals surface area contributed by atoms with Gasteiger partial charge in [-0.2, -0.15) is 0 Å². The van der Waals surface area contributed by atoms with Gasteiger partial charge in [-0.15, -0.1) is 11.8 Å². The first-order valence-electron chi connectivity index (χ1n) is 8.67. The van der Waals surface area contributed by atoms with Gasteiger partial charge in [0.2, 0.25) is 0 Å². The maximum atomic E-state index is 12.9. The molecule has 1 atom stereocenters. The number of nitrogens with zero attached hydrogens (tertiary/aromatic N) is 1. The molecule has 5 nitrogen and oxygen atoms in total. The molecule has 2 aromatic rings. The number of methoxy groups -OCH3 is 2. The summed E-state index contributed by atoms with van der Waals surface area (Å²) >= 11 is 1.74. The Labute approximate surface area is 158 Å². The summed E-state index contributed by atoms with van der Waals surface area (Å²) in [6, 6.07) is 13.6. The first-order chi connectivity index (χ1) is 12.7. The number of hydrogen-bond acceptors (Lipinski definition) is 4. The molecule has 2 amide bonds. The largest absolute Gasteiger partial charge is 0.497 e. The highest BCUT2D eigenvalue weighted by Gasteiger charge is 2.33. The Kier molecular flexibility index (Phi) is 5.93. The number of para-hydroxylation sites is 1. The van der Waals surface area contributed by atoms with Gasteiger partial charge in [-0.25, -0.2) is 4.79 Å². The van der Waals surface area contributed by atoms with E-state index in [9.17, 15) is 4.79 Å². The molecule has 0 bridgehead atoms. The second-order valence-electron chi connectivity index (χ2n) is 5.97. The highest BCUT2D eigenvalue weighted by molar-refractivity contribution is 7.99. The van der Waals surface area contributed by atoms with Gasteiger partial charge in [-0.3, -0.25) is 0 Å². The normalized spacial score (nSPS) is 16.4. The maximum absolute atomic E-state index is 12.9. The third kappa shape index (κ3) is 3.75. The van der Waals surface area contributed by atoms with Crippen LogP contribution in [-0.2, 0) is 6.42 Å². The maximum Gasteiger partial charge on any atom is 0.323 e. The summed E-state index contributed by atoms with van der Waals surface area (Å²) in [5, 5.41) is 2.99. The van der Waals surface area contributed by atoms with Crippen LogP contribution in [0.1, 0.15) is 23.4 Å². The number of benzene rings is 2. The molecule has 1 aliphatic rings. The van der Waals surface area contributed by atoms with Crippen molar-refractivity contribution in [3.05, 3.63) is 53.6 Å². The average Bonchev–Trinajstić information content (AvgIpc) is 3.17. The van der Waals surface area contributed by atoms with Gasteiger partial charge in [0.1, 0.15) is 16.9 Å². The molecule has 1 aliphatic heterocycles. The minimum atomic E-state index is -0.0845. The quantitative estimate of drug-likeness (QED) is 0.837. The number of nitrogens with one attached hydrogen (secondary N) is 1. The predicted molar refractivity (Wildman–Crippen MR) is 106 cm³/mol. The first-order valence-corrected chi connectivity index (χ1v) is 9.71. The van der Waals surface area contributed by atoms with Crippen molar-refractivity contribution in [1.29, 1.82) is 0 Å². The van der Waals surface area contributed by atoms with Crippen molar-refractivity contribution in [2.45, 2.75) is 18.7 Å². The van der Waals surface area contributed by atoms with Crippen molar-refractivity contribution in [1.82, 2.24) is 4.90 Å². The minimum absolute atomic E-state index is 0.0790. The van der Waals surface area contributed by atoms with Crippen LogP contribution in [0.25, 0.3) is 0 Å². The lowest BCUT2D eigenvalue weighted by atomic mass is 10.1. The van der Waals surface area contributed by atoms with Gasteiger partial charge in [0, 0.05) is 29.6 Å². The van der Waals surface area contributed by atoms with E-state index in [4.69, 9.17) is 9.47 Å². The van der Waals surface area contributed by atoms with Gasteiger partial charge in [-0.1, -0.05) is 25.1 Å². The smallest absolute Gasteiger partial charge is 0.323 e. The number of urea groups is 1. The Bertz CT molecular complexity index is 781. The second-order valence-corrected chi connectivity index (χ2v) is 7.15. The van der Waals surface area contributed by atoms with Gasteiger partial charge in [0.05, 0.1) is 14.2 Å². The molecule has 1 N–H and O–H groups in total. The Balaban J connectivity index is 1.83. The molecule has 0 spiro atoms. The van der Waals surface area contributed by atoms with Gasteiger partial charge in [0.15, 0.2) is 0 Å². The van der Waals surface area contributed by atoms with Crippen molar-refractivity contribution in [2.75, 3.05) is 31.8 Å². The summed E-state index contributed by atoms with van der Waals surface area (Å²) in [7, 11) is 3.27. The fraction of sp³-hybridized carbons (Fsp3) is 0.350. The summed E-state index contributed by atoms with van der Waals surface area (Å²) in [5.74, 6) is 2.36. The first kappa shape index (κ1) is 18.5. The van der Waals surface area contributed by atoms with Crippen LogP contribution < -0.4 is 14.8 Å². The predicted octanol–water partition coefficient (Wildman–Crippen LogP) is 4.55. The molecule has 0 saturated carbocycles. The SMILES string of the molecule is CCc1ccccc1NC(=O)N1CCS[C@@H]1c1ccc(OC)cc1OC. The number of aryl methyl sites for hydroxylation is 1. The van der Waals surface area contributed by atoms with E-state index in [1.54, 1.807) is 26.0 Å². The van der Waals surface area contributed by atoms with E-state index in [0.717, 1.165) is 40.5 Å². The molecule has 0 radical (unpaired) electrons. The molecular formula is C20H24N2O3S. The zero-order chi connectivity index (χ0) is 18.5. The Morgan fingerprint density at radius 1 is 1.23 bits per heavy atom. The molecule has 0 aromatic heterocycles. The van der Waals surface area contributed by atoms with Gasteiger partial charge in [0.25, 0.3) is 0 Å². The van der Waals surface area contributed by atoms with Crippen LogP contribution >= 0.6 is 11.8 Å². The lowest BCUT2D eigenvalue weighted by Gasteiger charge is -2.26. The second kappa shape index (κ2) is 8.36. The molecular weight excluding hydrogens is 348 g/mol. The van der Waals surface area contributed by atoms with Gasteiger partial charge in [-0.05, 0) is 30.2 Å². The summed E-state index contributed by atoms with van der Waals surface area (Å²) in [5.41, 5.74) is 2.98. The van der Waals surface area contributed by atoms with Crippen LogP contribution in [0.3, 0.4) is 0 Å². The summed E-state index contributed by atoms with van der Waals surface area (Å²) in [6.45, 7) is 2.78. The molecule has 0 aliphatic carbocycles. The van der Waals surface area contributed by atoms with Crippen LogP contribution in [0.4, 0.5) is 10.5 Å². The number of carbonyl (C=O) groups is 1. The fourth-order valence-electron chi connectivity index (χ4n) is 3.10. The molecule has 138 valence electrons. The van der Waals surface area contributed by atoms with Crippen LogP contribution in [-0.4, -0.2) is 37.4 Å². The zero-order valence-corrected chi connectivity index (χ0v) is 16.1. The molecule has 1 heterocycles. The molecule has 2 aromatic carbocycles. The Morgan fingerprint density at radius 2 is 2.04 bits per heavy atom. The van der Waals surface area contributed by atoms with E-state index in [-0.39, 0.29) is 11.4 Å². The molecule has 6 heteroatoms. The van der Waals surface area contributed by atoms with Crippen molar-refractivity contribution < 1.29 is 14.3 Å². The van der Waals surface area contributed by atoms with E-state index < -0.39 is 0 Å². The number of rotatable bonds is 5. The fourth-order valence-corrected chi connectivity index (χ4v) is 4.38. The van der Waals surface area contributed by atoms with Crippen molar-refractivity contribution in [3.8, 4) is 11.5 Å². The van der Waals surface area contributed by atoms with Crippen LogP contribution in [0.2, 0.25) is 0 Å². The van der Waals surface area contributed by atoms with Crippen LogP contribution in [0.15, 0.2) is 42.5 Å². The Hall–Kier alpha value is -2.34. The standard InChI is InChI=1S/C20H24N2O3S/c1-4-14-7-5-6-8-17(14)21-20(23)22-11-12-26-19(22)16-10-9-15(24-2)13-18(16)25-3/h5-10,13,19H,4,11-12H2,1-3H3,(H,21,23)/t19-/m1/s1. The van der Waals surface area contributed by atoms with E-state index in [1.165, 1.54) is 0 Å². The molecule has 26 heavy (non-hydrogen) atoms. The number of anilines is 1. The monoisotopic (exact) mass is 372 g/mol. The highest BCUT2D eigenvalue weighted by atomic mass is 32.2. The minimum Gasteiger partial charge on any atom is -0.497 e. The van der Waals surface area contributed by atoms with E-state index >= 15 is 0 Å². The lowest BCUT2D eigenvalue weighted by molar-refractivity contribution is 0.213. The summed E-state index contributed by atoms with van der Waals surface area (Å²) in [6.07, 6.45) is 0.876. The van der Waals surface area contributed by atoms with Gasteiger partial charge >= 0.3 is 6.03 Å². The van der Waals surface area contributed by atoms with Crippen molar-refractivity contribution in [2.24, 2.45) is 0 Å². The molecule has 1 fully saturated rings. The number of amides is 2. The Morgan fingerprint density at radius 3 is 2.77 bits per heavy atom. The average molecular weight is 372 g/mol. The number of thioether (sulfide) groups is 1. The lowest BCUT2D eigenvalue weighted by Crippen LogP contribution is -2.34. The topological polar surface area (TPSA) is 50.8 Å². The summed E-state index contributed by atoms with van der Waals surface area (Å²) in [4.78, 5) is 14.8. The van der Waals surface area contributed by atoms with Crippen molar-refractivity contribution >= 4 is 23.5 Å². The van der Waals surface area contributed by atoms with E-state index in [0.29, 0.717) is 6.54 Å². The van der Waals surface area contributed by atoms with Crippen LogP contribution in [0.5, 0.6) is 11.5 Å². The number of hydrogen-bond donors (Lipinski definition) is 1. The number of ether oxygens (including phenoxy) is 2. The molecule has 1 saturated heterocycles.